The summed E-state index contributed by atoms with van der Waals surface area (Å²) in [5.41, 5.74) is 2.27. The Labute approximate surface area is 158 Å². The number of hydrogen-bond acceptors (Lipinski definition) is 7. The van der Waals surface area contributed by atoms with Crippen molar-refractivity contribution in [2.45, 2.75) is 31.8 Å². The molecule has 2 aromatic rings. The molecule has 0 aliphatic rings. The second-order valence-electron chi connectivity index (χ2n) is 5.07. The van der Waals surface area contributed by atoms with E-state index in [0.29, 0.717) is 5.56 Å². The molecule has 0 aliphatic heterocycles. The molecule has 152 valence electrons. The van der Waals surface area contributed by atoms with Crippen molar-refractivity contribution in [2.75, 3.05) is 5.32 Å². The Kier molecular flexibility index (Phi) is 7.17. The van der Waals surface area contributed by atoms with Gasteiger partial charge in [0.15, 0.2) is 0 Å². The summed E-state index contributed by atoms with van der Waals surface area (Å²) in [6, 6.07) is 2.74. The van der Waals surface area contributed by atoms with Crippen molar-refractivity contribution in [1.82, 2.24) is 20.4 Å². The Morgan fingerprint density at radius 3 is 2.50 bits per heavy atom. The number of carbonyl (C=O) groups is 1. The molecule has 14 heteroatoms. The van der Waals surface area contributed by atoms with E-state index in [2.05, 4.69) is 24.0 Å². The van der Waals surface area contributed by atoms with E-state index in [1.165, 1.54) is 25.1 Å². The van der Waals surface area contributed by atoms with E-state index >= 15 is 0 Å². The molecule has 1 aromatic heterocycles. The van der Waals surface area contributed by atoms with Gasteiger partial charge in [0, 0.05) is 0 Å². The van der Waals surface area contributed by atoms with Crippen molar-refractivity contribution in [1.29, 1.82) is 0 Å². The van der Waals surface area contributed by atoms with Gasteiger partial charge in [0.25, 0.3) is 6.43 Å². The number of urea groups is 1. The van der Waals surface area contributed by atoms with Gasteiger partial charge in [0.1, 0.15) is 16.5 Å². The summed E-state index contributed by atoms with van der Waals surface area (Å²) in [6.07, 6.45) is -2.98. The summed E-state index contributed by atoms with van der Waals surface area (Å²) in [7, 11) is 0. The monoisotopic (exact) mass is 423 g/mol. The molecule has 0 fully saturated rings. The van der Waals surface area contributed by atoms with Gasteiger partial charge in [0.2, 0.25) is 22.9 Å². The molecule has 28 heavy (non-hydrogen) atoms. The second-order valence-corrected chi connectivity index (χ2v) is 6.14. The molecule has 2 N–H and O–H groups in total. The van der Waals surface area contributed by atoms with E-state index in [1.54, 1.807) is 12.4 Å². The molecular weight excluding hydrogens is 410 g/mol. The van der Waals surface area contributed by atoms with Crippen molar-refractivity contribution in [3.8, 4) is 5.75 Å². The second kappa shape index (κ2) is 9.36. The summed E-state index contributed by atoms with van der Waals surface area (Å²) >= 11 is -2.42. The average Bonchev–Trinajstić information content (AvgIpc) is 2.58. The minimum atomic E-state index is -3.16. The predicted octanol–water partition coefficient (Wildman–Crippen LogP) is 2.80. The van der Waals surface area contributed by atoms with Crippen molar-refractivity contribution >= 4 is 23.1 Å². The number of nitrogens with one attached hydrogen (secondary N) is 2. The van der Waals surface area contributed by atoms with Gasteiger partial charge < -0.3 is 4.74 Å². The highest BCUT2D eigenvalue weighted by Crippen LogP contribution is 2.25. The molecule has 1 heterocycles. The smallest absolute Gasteiger partial charge is 0.387 e. The molecule has 0 spiro atoms. The van der Waals surface area contributed by atoms with Crippen LogP contribution in [-0.2, 0) is 15.4 Å². The Balaban J connectivity index is 2.02. The third-order valence-electron chi connectivity index (χ3n) is 2.89. The van der Waals surface area contributed by atoms with Gasteiger partial charge in [-0.05, 0) is 31.5 Å². The maximum Gasteiger partial charge on any atom is 0.387 e. The van der Waals surface area contributed by atoms with Gasteiger partial charge >= 0.3 is 12.6 Å². The summed E-state index contributed by atoms with van der Waals surface area (Å²) < 4.78 is 71.2. The van der Waals surface area contributed by atoms with Crippen LogP contribution in [0.1, 0.15) is 23.6 Å². The number of halogens is 4. The lowest BCUT2D eigenvalue weighted by Crippen LogP contribution is -2.30. The highest BCUT2D eigenvalue weighted by Gasteiger charge is 2.18. The van der Waals surface area contributed by atoms with Crippen LogP contribution in [-0.4, -0.2) is 31.8 Å². The summed E-state index contributed by atoms with van der Waals surface area (Å²) in [5, 5.41) is 1.98. The van der Waals surface area contributed by atoms with Gasteiger partial charge in [-0.1, -0.05) is 6.07 Å². The van der Waals surface area contributed by atoms with Gasteiger partial charge in [-0.3, -0.25) is 5.32 Å². The third kappa shape index (κ3) is 6.09. The van der Waals surface area contributed by atoms with Gasteiger partial charge in [-0.25, -0.2) is 28.2 Å². The van der Waals surface area contributed by atoms with E-state index in [9.17, 15) is 26.6 Å². The minimum absolute atomic E-state index is 0.0708. The van der Waals surface area contributed by atoms with Crippen LogP contribution in [0, 0.1) is 13.8 Å². The van der Waals surface area contributed by atoms with Crippen molar-refractivity contribution in [3.05, 3.63) is 35.4 Å². The zero-order chi connectivity index (χ0) is 20.8. The lowest BCUT2D eigenvalue weighted by atomic mass is 10.2. The molecule has 2 amide bonds. The van der Waals surface area contributed by atoms with E-state index in [4.69, 9.17) is 0 Å². The number of rotatable bonds is 7. The number of alkyl halides is 4. The maximum absolute atomic E-state index is 12.7. The molecule has 0 saturated heterocycles. The molecule has 1 aromatic carbocycles. The number of ether oxygens (including phenoxy) is 1. The Morgan fingerprint density at radius 2 is 1.86 bits per heavy atom. The van der Waals surface area contributed by atoms with Crippen LogP contribution >= 0.6 is 0 Å². The van der Waals surface area contributed by atoms with Gasteiger partial charge in [0.05, 0.1) is 0 Å². The first kappa shape index (κ1) is 21.4. The minimum Gasteiger partial charge on any atom is -0.433 e. The van der Waals surface area contributed by atoms with Crippen LogP contribution in [0.25, 0.3) is 0 Å². The van der Waals surface area contributed by atoms with E-state index in [0.717, 1.165) is 0 Å². The largest absolute Gasteiger partial charge is 0.433 e. The van der Waals surface area contributed by atoms with Crippen molar-refractivity contribution < 1.29 is 35.6 Å². The highest BCUT2D eigenvalue weighted by atomic mass is 32.2. The Hall–Kier alpha value is -2.87. The Morgan fingerprint density at radius 1 is 1.14 bits per heavy atom. The molecule has 0 aliphatic carbocycles. The van der Waals surface area contributed by atoms with Crippen LogP contribution in [0.5, 0.6) is 5.75 Å². The van der Waals surface area contributed by atoms with Crippen LogP contribution < -0.4 is 15.5 Å². The molecule has 9 nitrogen and oxygen atoms in total. The fraction of sp³-hybridized carbons (Fsp3) is 0.286. The predicted molar refractivity (Wildman–Crippen MR) is 87.0 cm³/mol. The van der Waals surface area contributed by atoms with Crippen molar-refractivity contribution in [2.24, 2.45) is 0 Å². The van der Waals surface area contributed by atoms with E-state index in [-0.39, 0.29) is 10.7 Å². The first-order valence-corrected chi connectivity index (χ1v) is 8.45. The third-order valence-corrected chi connectivity index (χ3v) is 3.82. The van der Waals surface area contributed by atoms with Crippen LogP contribution in [0.3, 0.4) is 0 Å². The van der Waals surface area contributed by atoms with Gasteiger partial charge in [-0.2, -0.15) is 23.0 Å². The number of benzene rings is 1. The van der Waals surface area contributed by atoms with E-state index < -0.39 is 47.7 Å². The maximum atomic E-state index is 12.7. The topological polar surface area (TPSA) is 115 Å². The molecule has 0 radical (unpaired) electrons. The molecule has 0 saturated carbocycles. The lowest BCUT2D eigenvalue weighted by Gasteiger charge is -2.11. The number of aromatic nitrogens is 3. The number of carbonyl (C=O) groups excluding carboxylic acids is 1. The standard InChI is InChI=1S/C14H13F4N5O4S/c1-6-3-4-9(8(5-6)26-12(17)18)28(25)27-23-14(24)22-13-20-7(2)19-11(21-13)10(15)16/h3-5,10,12H,1-2H3,(H2,19,20,21,22,23,24). The number of hydrogen-bond donors (Lipinski definition) is 2. The van der Waals surface area contributed by atoms with Gasteiger partial charge in [-0.15, -0.1) is 0 Å². The number of aryl methyl sites for hydroxylation is 2. The number of nitrogens with zero attached hydrogens (tertiary/aromatic N) is 3. The fourth-order valence-electron chi connectivity index (χ4n) is 1.84. The summed E-state index contributed by atoms with van der Waals surface area (Å²) in [4.78, 5) is 21.8. The zero-order valence-electron chi connectivity index (χ0n) is 14.3. The average molecular weight is 423 g/mol. The first-order valence-electron chi connectivity index (χ1n) is 7.38. The van der Waals surface area contributed by atoms with Crippen LogP contribution in [0.4, 0.5) is 28.3 Å². The number of amides is 2. The molecular formula is C14H13F4N5O4S. The molecule has 1 unspecified atom stereocenters. The quantitative estimate of drug-likeness (QED) is 0.520. The molecule has 0 bridgehead atoms. The summed E-state index contributed by atoms with van der Waals surface area (Å²) in [6.45, 7) is -0.253. The SMILES string of the molecule is Cc1ccc(S(=O)ONC(=O)Nc2nc(C)nc(C(F)F)n2)c(OC(F)F)c1. The van der Waals surface area contributed by atoms with Crippen LogP contribution in [0.15, 0.2) is 23.1 Å². The first-order chi connectivity index (χ1) is 13.2. The normalized spacial score (nSPS) is 12.1. The molecule has 2 rings (SSSR count). The number of hydroxylamine groups is 1. The highest BCUT2D eigenvalue weighted by molar-refractivity contribution is 7.80. The van der Waals surface area contributed by atoms with Crippen molar-refractivity contribution in [3.63, 3.8) is 0 Å². The van der Waals surface area contributed by atoms with E-state index in [1.807, 2.05) is 5.32 Å². The molecule has 1 atom stereocenters. The lowest BCUT2D eigenvalue weighted by molar-refractivity contribution is -0.0518. The summed E-state index contributed by atoms with van der Waals surface area (Å²) in [5.74, 6) is -1.81. The Bertz CT molecular complexity index is 887. The fourth-order valence-corrected chi connectivity index (χ4v) is 2.54. The zero-order valence-corrected chi connectivity index (χ0v) is 15.1. The van der Waals surface area contributed by atoms with Crippen LogP contribution in [0.2, 0.25) is 0 Å². The number of anilines is 1.